The van der Waals surface area contributed by atoms with Crippen LogP contribution in [0.1, 0.15) is 41.4 Å². The number of amides is 1. The molecule has 188 valence electrons. The largest absolute Gasteiger partial charge is 0.497 e. The van der Waals surface area contributed by atoms with Crippen LogP contribution < -0.4 is 14.8 Å². The molecule has 0 aromatic heterocycles. The van der Waals surface area contributed by atoms with Gasteiger partial charge in [-0.2, -0.15) is 13.2 Å². The molecule has 35 heavy (non-hydrogen) atoms. The molecule has 3 rings (SSSR count). The molecule has 3 atom stereocenters. The number of alkyl halides is 3. The standard InChI is InChI=1S/C24H24F3NO7/c1-12(2)18(22(30)33-4)28-23(31)35-21-19(29)16-9-8-15(32-3)11-17(16)34-20(21)13-6-5-7-14(10-13)24(25,26)27/h5-12,18,20-21H,1-4H3,(H,28,31)/t18-,20-,21+/m0/s1. The summed E-state index contributed by atoms with van der Waals surface area (Å²) < 4.78 is 61.0. The summed E-state index contributed by atoms with van der Waals surface area (Å²) in [5.74, 6) is -1.37. The summed E-state index contributed by atoms with van der Waals surface area (Å²) in [5.41, 5.74) is -0.940. The zero-order chi connectivity index (χ0) is 25.9. The number of ketones is 1. The van der Waals surface area contributed by atoms with Gasteiger partial charge in [-0.15, -0.1) is 0 Å². The van der Waals surface area contributed by atoms with E-state index in [2.05, 4.69) is 10.1 Å². The number of nitrogens with one attached hydrogen (secondary N) is 1. The van der Waals surface area contributed by atoms with E-state index in [-0.39, 0.29) is 22.8 Å². The summed E-state index contributed by atoms with van der Waals surface area (Å²) in [6.07, 6.45) is -8.81. The number of esters is 1. The lowest BCUT2D eigenvalue weighted by Gasteiger charge is -2.33. The van der Waals surface area contributed by atoms with Gasteiger partial charge < -0.3 is 24.3 Å². The molecule has 0 bridgehead atoms. The number of carbonyl (C=O) groups is 3. The molecule has 1 amide bonds. The summed E-state index contributed by atoms with van der Waals surface area (Å²) in [6.45, 7) is 3.32. The second kappa shape index (κ2) is 10.2. The Bertz CT molecular complexity index is 1120. The number of methoxy groups -OCH3 is 2. The first kappa shape index (κ1) is 25.9. The Balaban J connectivity index is 1.99. The highest BCUT2D eigenvalue weighted by atomic mass is 19.4. The maximum atomic E-state index is 13.3. The Morgan fingerprint density at radius 2 is 1.80 bits per heavy atom. The topological polar surface area (TPSA) is 100 Å². The number of alkyl carbamates (subject to hydrolysis) is 1. The van der Waals surface area contributed by atoms with Crippen molar-refractivity contribution in [1.82, 2.24) is 5.32 Å². The second-order valence-corrected chi connectivity index (χ2v) is 8.10. The van der Waals surface area contributed by atoms with Crippen LogP contribution in [0.3, 0.4) is 0 Å². The SMILES string of the molecule is COC(=O)[C@@H](NC(=O)O[C@@H]1C(=O)c2ccc(OC)cc2O[C@H]1c1cccc(C(F)(F)F)c1)C(C)C. The molecular formula is C24H24F3NO7. The van der Waals surface area contributed by atoms with Crippen molar-refractivity contribution in [2.24, 2.45) is 5.92 Å². The van der Waals surface area contributed by atoms with Gasteiger partial charge in [-0.05, 0) is 35.7 Å². The minimum atomic E-state index is -4.64. The first-order valence-electron chi connectivity index (χ1n) is 10.6. The van der Waals surface area contributed by atoms with Crippen molar-refractivity contribution in [3.63, 3.8) is 0 Å². The molecule has 0 fully saturated rings. The van der Waals surface area contributed by atoms with E-state index in [1.807, 2.05) is 0 Å². The first-order valence-corrected chi connectivity index (χ1v) is 10.6. The molecule has 0 saturated carbocycles. The molecule has 0 spiro atoms. The van der Waals surface area contributed by atoms with Gasteiger partial charge in [-0.3, -0.25) is 4.79 Å². The fourth-order valence-electron chi connectivity index (χ4n) is 3.57. The Morgan fingerprint density at radius 1 is 1.09 bits per heavy atom. The van der Waals surface area contributed by atoms with Crippen LogP contribution >= 0.6 is 0 Å². The molecule has 1 N–H and O–H groups in total. The molecule has 1 aliphatic rings. The van der Waals surface area contributed by atoms with Crippen LogP contribution in [0.5, 0.6) is 11.5 Å². The minimum Gasteiger partial charge on any atom is -0.497 e. The van der Waals surface area contributed by atoms with E-state index < -0.39 is 47.8 Å². The lowest BCUT2D eigenvalue weighted by Crippen LogP contribution is -2.48. The molecule has 0 radical (unpaired) electrons. The molecule has 0 aliphatic carbocycles. The summed E-state index contributed by atoms with van der Waals surface area (Å²) in [5, 5.41) is 2.34. The fraction of sp³-hybridized carbons (Fsp3) is 0.375. The molecular weight excluding hydrogens is 471 g/mol. The number of hydrogen-bond acceptors (Lipinski definition) is 7. The number of Topliss-reactive ketones (excluding diaryl/α,β-unsaturated/α-hetero) is 1. The quantitative estimate of drug-likeness (QED) is 0.596. The third kappa shape index (κ3) is 5.67. The van der Waals surface area contributed by atoms with E-state index in [1.165, 1.54) is 31.4 Å². The van der Waals surface area contributed by atoms with Gasteiger partial charge in [-0.25, -0.2) is 9.59 Å². The van der Waals surface area contributed by atoms with E-state index in [0.717, 1.165) is 25.3 Å². The van der Waals surface area contributed by atoms with Gasteiger partial charge >= 0.3 is 18.2 Å². The highest BCUT2D eigenvalue weighted by molar-refractivity contribution is 6.04. The van der Waals surface area contributed by atoms with Gasteiger partial charge in [0, 0.05) is 6.07 Å². The average molecular weight is 495 g/mol. The van der Waals surface area contributed by atoms with Crippen molar-refractivity contribution in [3.8, 4) is 11.5 Å². The van der Waals surface area contributed by atoms with Crippen molar-refractivity contribution in [2.75, 3.05) is 14.2 Å². The van der Waals surface area contributed by atoms with Crippen LogP contribution in [0.2, 0.25) is 0 Å². The lowest BCUT2D eigenvalue weighted by atomic mass is 9.92. The monoisotopic (exact) mass is 495 g/mol. The Morgan fingerprint density at radius 3 is 2.40 bits per heavy atom. The van der Waals surface area contributed by atoms with E-state index in [0.29, 0.717) is 5.75 Å². The zero-order valence-corrected chi connectivity index (χ0v) is 19.3. The number of carbonyl (C=O) groups excluding carboxylic acids is 3. The molecule has 2 aromatic rings. The number of hydrogen-bond donors (Lipinski definition) is 1. The Kier molecular flexibility index (Phi) is 7.57. The second-order valence-electron chi connectivity index (χ2n) is 8.10. The van der Waals surface area contributed by atoms with Crippen molar-refractivity contribution in [3.05, 3.63) is 59.2 Å². The predicted octanol–water partition coefficient (Wildman–Crippen LogP) is 4.32. The molecule has 0 unspecified atom stereocenters. The third-order valence-electron chi connectivity index (χ3n) is 5.41. The summed E-state index contributed by atoms with van der Waals surface area (Å²) in [6, 6.07) is 7.42. The molecule has 2 aromatic carbocycles. The molecule has 1 aliphatic heterocycles. The number of halogens is 3. The highest BCUT2D eigenvalue weighted by Crippen LogP contribution is 2.40. The number of fused-ring (bicyclic) bond motifs is 1. The third-order valence-corrected chi connectivity index (χ3v) is 5.41. The highest BCUT2D eigenvalue weighted by Gasteiger charge is 2.43. The van der Waals surface area contributed by atoms with Crippen molar-refractivity contribution in [1.29, 1.82) is 0 Å². The molecule has 1 heterocycles. The zero-order valence-electron chi connectivity index (χ0n) is 19.3. The van der Waals surface area contributed by atoms with Gasteiger partial charge in [-0.1, -0.05) is 26.0 Å². The van der Waals surface area contributed by atoms with Crippen molar-refractivity contribution < 1.29 is 46.5 Å². The predicted molar refractivity (Wildman–Crippen MR) is 116 cm³/mol. The van der Waals surface area contributed by atoms with E-state index in [1.54, 1.807) is 13.8 Å². The van der Waals surface area contributed by atoms with E-state index in [4.69, 9.17) is 14.2 Å². The summed E-state index contributed by atoms with van der Waals surface area (Å²) in [4.78, 5) is 37.9. The van der Waals surface area contributed by atoms with Crippen molar-refractivity contribution >= 4 is 17.8 Å². The van der Waals surface area contributed by atoms with Crippen molar-refractivity contribution in [2.45, 2.75) is 38.3 Å². The van der Waals surface area contributed by atoms with Gasteiger partial charge in [0.1, 0.15) is 17.5 Å². The van der Waals surface area contributed by atoms with Crippen LogP contribution in [0.25, 0.3) is 0 Å². The Hall–Kier alpha value is -3.76. The van der Waals surface area contributed by atoms with Gasteiger partial charge in [0.15, 0.2) is 6.10 Å². The fourth-order valence-corrected chi connectivity index (χ4v) is 3.57. The van der Waals surface area contributed by atoms with E-state index in [9.17, 15) is 27.6 Å². The van der Waals surface area contributed by atoms with Crippen LogP contribution in [-0.4, -0.2) is 44.2 Å². The smallest absolute Gasteiger partial charge is 0.416 e. The van der Waals surface area contributed by atoms with E-state index >= 15 is 0 Å². The number of benzene rings is 2. The molecule has 8 nitrogen and oxygen atoms in total. The minimum absolute atomic E-state index is 0.0344. The van der Waals surface area contributed by atoms with Crippen LogP contribution in [0, 0.1) is 5.92 Å². The Labute approximate surface area is 199 Å². The maximum Gasteiger partial charge on any atom is 0.416 e. The van der Waals surface area contributed by atoms with Gasteiger partial charge in [0.25, 0.3) is 0 Å². The van der Waals surface area contributed by atoms with Gasteiger partial charge in [0.05, 0.1) is 25.3 Å². The van der Waals surface area contributed by atoms with Crippen LogP contribution in [0.4, 0.5) is 18.0 Å². The lowest BCUT2D eigenvalue weighted by molar-refractivity contribution is -0.144. The first-order chi connectivity index (χ1) is 16.5. The summed E-state index contributed by atoms with van der Waals surface area (Å²) in [7, 11) is 2.55. The molecule has 0 saturated heterocycles. The number of rotatable bonds is 6. The maximum absolute atomic E-state index is 13.3. The normalized spacial score (nSPS) is 18.2. The van der Waals surface area contributed by atoms with Crippen LogP contribution in [0.15, 0.2) is 42.5 Å². The molecule has 11 heteroatoms. The average Bonchev–Trinajstić information content (AvgIpc) is 2.82. The number of ether oxygens (including phenoxy) is 4. The van der Waals surface area contributed by atoms with Crippen LogP contribution in [-0.2, 0) is 20.4 Å². The summed E-state index contributed by atoms with van der Waals surface area (Å²) >= 11 is 0. The van der Waals surface area contributed by atoms with Gasteiger partial charge in [0.2, 0.25) is 11.9 Å².